The van der Waals surface area contributed by atoms with E-state index in [9.17, 15) is 0 Å². The van der Waals surface area contributed by atoms with Crippen LogP contribution in [-0.4, -0.2) is 69.4 Å². The van der Waals surface area contributed by atoms with E-state index in [4.69, 9.17) is 15.2 Å². The Morgan fingerprint density at radius 3 is 2.64 bits per heavy atom. The van der Waals surface area contributed by atoms with E-state index in [1.165, 1.54) is 42.4 Å². The van der Waals surface area contributed by atoms with Crippen molar-refractivity contribution in [2.75, 3.05) is 50.9 Å². The maximum atomic E-state index is 6.03. The highest BCUT2D eigenvalue weighted by molar-refractivity contribution is 5.55. The topological polar surface area (TPSA) is 116 Å². The molecule has 10 nitrogen and oxygen atoms in total. The number of benzene rings is 1. The molecular weight excluding hydrogens is 420 g/mol. The standard InChI is InChI=1S/C23H32N8O2/c1-3-19(32-2)20-26-23-28-22(27-21(24)31(23)29-20)25-12-11-17-7-9-18(10-8-17)33-16-15-30-13-5-4-6-14-30/h3,7-10H,4-6,11-16H2,1-2H3,(H3,24,25,26,27,28,29)/b19-3-. The lowest BCUT2D eigenvalue weighted by molar-refractivity contribution is 0.183. The number of nitrogen functional groups attached to an aromatic ring is 1. The van der Waals surface area contributed by atoms with Crippen molar-refractivity contribution >= 4 is 23.4 Å². The molecule has 0 unspecified atom stereocenters. The fraction of sp³-hybridized carbons (Fsp3) is 0.478. The lowest BCUT2D eigenvalue weighted by Gasteiger charge is -2.26. The number of fused-ring (bicyclic) bond motifs is 1. The predicted octanol–water partition coefficient (Wildman–Crippen LogP) is 2.63. The average Bonchev–Trinajstić information content (AvgIpc) is 3.26. The lowest BCUT2D eigenvalue weighted by Crippen LogP contribution is -2.33. The maximum Gasteiger partial charge on any atom is 0.259 e. The zero-order valence-corrected chi connectivity index (χ0v) is 19.3. The van der Waals surface area contributed by atoms with Gasteiger partial charge in [-0.25, -0.2) is 0 Å². The van der Waals surface area contributed by atoms with Gasteiger partial charge in [-0.3, -0.25) is 4.90 Å². The minimum Gasteiger partial charge on any atom is -0.493 e. The van der Waals surface area contributed by atoms with Gasteiger partial charge < -0.3 is 20.5 Å². The predicted molar refractivity (Wildman–Crippen MR) is 128 cm³/mol. The van der Waals surface area contributed by atoms with Gasteiger partial charge in [0.2, 0.25) is 17.7 Å². The molecule has 3 N–H and O–H groups in total. The lowest BCUT2D eigenvalue weighted by atomic mass is 10.1. The molecule has 0 saturated carbocycles. The van der Waals surface area contributed by atoms with Crippen LogP contribution >= 0.6 is 0 Å². The highest BCUT2D eigenvalue weighted by Crippen LogP contribution is 2.16. The molecule has 33 heavy (non-hydrogen) atoms. The number of ether oxygens (including phenoxy) is 2. The Bertz CT molecular complexity index is 1070. The van der Waals surface area contributed by atoms with Crippen LogP contribution in [0.5, 0.6) is 5.75 Å². The minimum atomic E-state index is 0.207. The van der Waals surface area contributed by atoms with Crippen molar-refractivity contribution in [2.24, 2.45) is 0 Å². The van der Waals surface area contributed by atoms with Crippen LogP contribution in [0.25, 0.3) is 11.5 Å². The molecular formula is C23H32N8O2. The molecule has 1 aromatic carbocycles. The van der Waals surface area contributed by atoms with Gasteiger partial charge >= 0.3 is 0 Å². The summed E-state index contributed by atoms with van der Waals surface area (Å²) in [6.45, 7) is 6.62. The maximum absolute atomic E-state index is 6.03. The Labute approximate surface area is 193 Å². The molecule has 1 aliphatic heterocycles. The van der Waals surface area contributed by atoms with Gasteiger partial charge in [0.25, 0.3) is 5.78 Å². The second-order valence-corrected chi connectivity index (χ2v) is 7.98. The number of likely N-dealkylation sites (tertiary alicyclic amines) is 1. The summed E-state index contributed by atoms with van der Waals surface area (Å²) in [5, 5.41) is 7.51. The Kier molecular flexibility index (Phi) is 7.56. The molecule has 0 aliphatic carbocycles. The highest BCUT2D eigenvalue weighted by Gasteiger charge is 2.14. The van der Waals surface area contributed by atoms with E-state index in [0.29, 0.717) is 29.9 Å². The second-order valence-electron chi connectivity index (χ2n) is 7.98. The Balaban J connectivity index is 1.27. The molecule has 0 radical (unpaired) electrons. The number of rotatable bonds is 10. The number of nitrogens with one attached hydrogen (secondary N) is 1. The molecule has 4 rings (SSSR count). The van der Waals surface area contributed by atoms with E-state index in [-0.39, 0.29) is 5.95 Å². The van der Waals surface area contributed by atoms with Crippen molar-refractivity contribution in [1.82, 2.24) is 29.5 Å². The first-order valence-corrected chi connectivity index (χ1v) is 11.4. The van der Waals surface area contributed by atoms with Crippen LogP contribution in [0.4, 0.5) is 11.9 Å². The first-order valence-electron chi connectivity index (χ1n) is 11.4. The average molecular weight is 453 g/mol. The number of allylic oxidation sites excluding steroid dienone is 1. The van der Waals surface area contributed by atoms with Gasteiger partial charge in [-0.05, 0) is 63.0 Å². The van der Waals surface area contributed by atoms with Crippen molar-refractivity contribution in [1.29, 1.82) is 0 Å². The van der Waals surface area contributed by atoms with E-state index >= 15 is 0 Å². The van der Waals surface area contributed by atoms with Crippen molar-refractivity contribution in [2.45, 2.75) is 32.6 Å². The number of nitrogens with two attached hydrogens (primary N) is 1. The number of methoxy groups -OCH3 is 1. The monoisotopic (exact) mass is 452 g/mol. The third-order valence-electron chi connectivity index (χ3n) is 5.68. The van der Waals surface area contributed by atoms with Gasteiger partial charge in [0.1, 0.15) is 12.4 Å². The normalized spacial score (nSPS) is 15.0. The zero-order chi connectivity index (χ0) is 23.0. The summed E-state index contributed by atoms with van der Waals surface area (Å²) in [6.07, 6.45) is 6.56. The number of nitrogens with zero attached hydrogens (tertiary/aromatic N) is 6. The van der Waals surface area contributed by atoms with Crippen LogP contribution in [0.3, 0.4) is 0 Å². The minimum absolute atomic E-state index is 0.207. The number of hydrogen-bond acceptors (Lipinski definition) is 9. The number of aromatic nitrogens is 5. The van der Waals surface area contributed by atoms with Crippen molar-refractivity contribution in [3.63, 3.8) is 0 Å². The fourth-order valence-corrected chi connectivity index (χ4v) is 3.87. The van der Waals surface area contributed by atoms with E-state index in [1.807, 2.05) is 19.1 Å². The smallest absolute Gasteiger partial charge is 0.259 e. The first-order chi connectivity index (χ1) is 16.2. The summed E-state index contributed by atoms with van der Waals surface area (Å²) in [5.74, 6) is 2.85. The Morgan fingerprint density at radius 2 is 1.91 bits per heavy atom. The molecule has 1 saturated heterocycles. The van der Waals surface area contributed by atoms with Crippen LogP contribution in [0.15, 0.2) is 30.3 Å². The Hall–Kier alpha value is -3.40. The highest BCUT2D eigenvalue weighted by atomic mass is 16.5. The van der Waals surface area contributed by atoms with Crippen LogP contribution < -0.4 is 15.8 Å². The van der Waals surface area contributed by atoms with E-state index in [0.717, 1.165) is 25.3 Å². The van der Waals surface area contributed by atoms with Crippen molar-refractivity contribution < 1.29 is 9.47 Å². The van der Waals surface area contributed by atoms with Crippen LogP contribution in [0.1, 0.15) is 37.6 Å². The van der Waals surface area contributed by atoms with Gasteiger partial charge in [-0.2, -0.15) is 19.5 Å². The molecule has 1 aliphatic rings. The van der Waals surface area contributed by atoms with Crippen LogP contribution in [0, 0.1) is 0 Å². The molecule has 0 bridgehead atoms. The largest absolute Gasteiger partial charge is 0.493 e. The summed E-state index contributed by atoms with van der Waals surface area (Å²) in [4.78, 5) is 15.5. The molecule has 3 heterocycles. The summed E-state index contributed by atoms with van der Waals surface area (Å²) in [5.41, 5.74) is 7.23. The second kappa shape index (κ2) is 11.0. The van der Waals surface area contributed by atoms with Gasteiger partial charge in [-0.15, -0.1) is 5.10 Å². The quantitative estimate of drug-likeness (QED) is 0.448. The molecule has 0 atom stereocenters. The van der Waals surface area contributed by atoms with Crippen LogP contribution in [0.2, 0.25) is 0 Å². The van der Waals surface area contributed by atoms with E-state index < -0.39 is 0 Å². The molecule has 0 spiro atoms. The molecule has 2 aromatic heterocycles. The molecule has 176 valence electrons. The number of anilines is 2. The summed E-state index contributed by atoms with van der Waals surface area (Å²) < 4.78 is 12.6. The third-order valence-corrected chi connectivity index (χ3v) is 5.68. The summed E-state index contributed by atoms with van der Waals surface area (Å²) in [7, 11) is 1.57. The van der Waals surface area contributed by atoms with Gasteiger partial charge in [0.15, 0.2) is 5.76 Å². The van der Waals surface area contributed by atoms with Gasteiger partial charge in [-0.1, -0.05) is 18.6 Å². The molecule has 10 heteroatoms. The van der Waals surface area contributed by atoms with Crippen molar-refractivity contribution in [3.05, 3.63) is 41.7 Å². The number of piperidine rings is 1. The van der Waals surface area contributed by atoms with Crippen LogP contribution in [-0.2, 0) is 11.2 Å². The van der Waals surface area contributed by atoms with E-state index in [1.54, 1.807) is 13.2 Å². The zero-order valence-electron chi connectivity index (χ0n) is 19.3. The van der Waals surface area contributed by atoms with Gasteiger partial charge in [0, 0.05) is 13.1 Å². The Morgan fingerprint density at radius 1 is 1.12 bits per heavy atom. The summed E-state index contributed by atoms with van der Waals surface area (Å²) >= 11 is 0. The van der Waals surface area contributed by atoms with E-state index in [2.05, 4.69) is 42.4 Å². The van der Waals surface area contributed by atoms with Crippen molar-refractivity contribution in [3.8, 4) is 5.75 Å². The first kappa shape index (κ1) is 22.8. The molecule has 1 fully saturated rings. The van der Waals surface area contributed by atoms with Gasteiger partial charge in [0.05, 0.1) is 7.11 Å². The fourth-order valence-electron chi connectivity index (χ4n) is 3.87. The third kappa shape index (κ3) is 5.89. The molecule has 0 amide bonds. The number of hydrogen-bond donors (Lipinski definition) is 2. The molecule has 3 aromatic rings. The summed E-state index contributed by atoms with van der Waals surface area (Å²) in [6, 6.07) is 8.23. The SMILES string of the molecule is C/C=C(\OC)c1nc2nc(NCCc3ccc(OCCN4CCCCC4)cc3)nc(N)n2n1.